The van der Waals surface area contributed by atoms with E-state index in [1.165, 1.54) is 12.1 Å². The van der Waals surface area contributed by atoms with E-state index in [0.29, 0.717) is 25.1 Å². The molecule has 0 aliphatic carbocycles. The van der Waals surface area contributed by atoms with E-state index >= 15 is 0 Å². The van der Waals surface area contributed by atoms with E-state index in [9.17, 15) is 18.0 Å². The summed E-state index contributed by atoms with van der Waals surface area (Å²) in [5.74, 6) is -0.575. The lowest BCUT2D eigenvalue weighted by Crippen LogP contribution is -2.39. The van der Waals surface area contributed by atoms with E-state index in [0.717, 1.165) is 12.1 Å². The smallest absolute Gasteiger partial charge is 0.368 e. The van der Waals surface area contributed by atoms with Crippen molar-refractivity contribution in [3.05, 3.63) is 47.4 Å². The van der Waals surface area contributed by atoms with Crippen LogP contribution >= 0.6 is 0 Å². The predicted octanol–water partition coefficient (Wildman–Crippen LogP) is 2.43. The number of aromatic nitrogens is 2. The van der Waals surface area contributed by atoms with Crippen molar-refractivity contribution in [3.63, 3.8) is 0 Å². The van der Waals surface area contributed by atoms with Crippen molar-refractivity contribution < 1.29 is 18.0 Å². The molecule has 1 unspecified atom stereocenters. The Morgan fingerprint density at radius 3 is 2.70 bits per heavy atom. The molecule has 1 heterocycles. The van der Waals surface area contributed by atoms with Crippen LogP contribution < -0.4 is 11.1 Å². The number of amides is 1. The molecule has 0 aliphatic rings. The van der Waals surface area contributed by atoms with Crippen molar-refractivity contribution in [1.29, 1.82) is 5.26 Å². The van der Waals surface area contributed by atoms with Crippen LogP contribution in [0.5, 0.6) is 0 Å². The first kappa shape index (κ1) is 20.3. The van der Waals surface area contributed by atoms with Crippen molar-refractivity contribution in [3.8, 4) is 17.3 Å². The summed E-state index contributed by atoms with van der Waals surface area (Å²) in [4.78, 5) is 19.1. The van der Waals surface area contributed by atoms with Gasteiger partial charge in [0.1, 0.15) is 6.07 Å². The molecule has 6 nitrogen and oxygen atoms in total. The van der Waals surface area contributed by atoms with E-state index in [2.05, 4.69) is 15.3 Å². The minimum atomic E-state index is -4.47. The van der Waals surface area contributed by atoms with Gasteiger partial charge in [-0.15, -0.1) is 0 Å². The van der Waals surface area contributed by atoms with Crippen LogP contribution in [0.2, 0.25) is 0 Å². The highest BCUT2D eigenvalue weighted by molar-refractivity contribution is 5.79. The van der Waals surface area contributed by atoms with Crippen molar-refractivity contribution in [2.45, 2.75) is 32.0 Å². The van der Waals surface area contributed by atoms with Gasteiger partial charge >= 0.3 is 6.18 Å². The van der Waals surface area contributed by atoms with Crippen LogP contribution in [0.25, 0.3) is 11.3 Å². The van der Waals surface area contributed by atoms with Gasteiger partial charge in [-0.2, -0.15) is 18.4 Å². The monoisotopic (exact) mass is 377 g/mol. The Hall–Kier alpha value is -2.99. The number of primary amides is 1. The molecule has 1 aromatic carbocycles. The van der Waals surface area contributed by atoms with Gasteiger partial charge in [-0.25, -0.2) is 9.97 Å². The zero-order chi connectivity index (χ0) is 20.0. The standard InChI is InChI=1S/C18H18F3N5O/c1-11(17(23)27)24-7-3-6-14-9-15(26-16(10-22)25-14)12-4-2-5-13(8-12)18(19,20)21/h2,4-5,8-9,11,24H,3,6-7H2,1H3,(H2,23,27). The van der Waals surface area contributed by atoms with Gasteiger partial charge in [0, 0.05) is 11.3 Å². The molecule has 0 spiro atoms. The number of nitrogens with zero attached hydrogens (tertiary/aromatic N) is 3. The third-order valence-electron chi connectivity index (χ3n) is 3.85. The van der Waals surface area contributed by atoms with Crippen LogP contribution in [0.4, 0.5) is 13.2 Å². The Kier molecular flexibility index (Phi) is 6.47. The maximum absolute atomic E-state index is 12.9. The number of carbonyl (C=O) groups excluding carboxylic acids is 1. The molecule has 3 N–H and O–H groups in total. The van der Waals surface area contributed by atoms with Gasteiger partial charge in [-0.1, -0.05) is 12.1 Å². The number of rotatable bonds is 7. The molecule has 0 aliphatic heterocycles. The molecule has 1 atom stereocenters. The SMILES string of the molecule is CC(NCCCc1cc(-c2cccc(C(F)(F)F)c2)nc(C#N)n1)C(N)=O. The van der Waals surface area contributed by atoms with E-state index in [1.54, 1.807) is 13.0 Å². The summed E-state index contributed by atoms with van der Waals surface area (Å²) in [6.45, 7) is 2.14. The van der Waals surface area contributed by atoms with E-state index in [1.807, 2.05) is 6.07 Å². The largest absolute Gasteiger partial charge is 0.416 e. The molecule has 2 aromatic rings. The first-order valence-electron chi connectivity index (χ1n) is 8.19. The normalized spacial score (nSPS) is 12.4. The first-order valence-corrected chi connectivity index (χ1v) is 8.19. The van der Waals surface area contributed by atoms with Crippen molar-refractivity contribution in [2.75, 3.05) is 6.54 Å². The van der Waals surface area contributed by atoms with Crippen LogP contribution in [0.1, 0.15) is 30.4 Å². The highest BCUT2D eigenvalue weighted by Crippen LogP contribution is 2.31. The number of nitrogens with two attached hydrogens (primary N) is 1. The number of hydrogen-bond donors (Lipinski definition) is 2. The third kappa shape index (κ3) is 5.76. The van der Waals surface area contributed by atoms with Gasteiger partial charge < -0.3 is 11.1 Å². The fraction of sp³-hybridized carbons (Fsp3) is 0.333. The Morgan fingerprint density at radius 1 is 1.33 bits per heavy atom. The average Bonchev–Trinajstić information content (AvgIpc) is 2.64. The number of carbonyl (C=O) groups is 1. The van der Waals surface area contributed by atoms with Gasteiger partial charge in [-0.3, -0.25) is 4.79 Å². The van der Waals surface area contributed by atoms with Gasteiger partial charge in [-0.05, 0) is 44.5 Å². The Balaban J connectivity index is 2.18. The van der Waals surface area contributed by atoms with Crippen LogP contribution in [0.3, 0.4) is 0 Å². The summed E-state index contributed by atoms with van der Waals surface area (Å²) < 4.78 is 38.7. The zero-order valence-electron chi connectivity index (χ0n) is 14.5. The lowest BCUT2D eigenvalue weighted by Gasteiger charge is -2.11. The maximum Gasteiger partial charge on any atom is 0.416 e. The number of benzene rings is 1. The lowest BCUT2D eigenvalue weighted by atomic mass is 10.1. The fourth-order valence-electron chi connectivity index (χ4n) is 2.37. The van der Waals surface area contributed by atoms with Gasteiger partial charge in [0.2, 0.25) is 11.7 Å². The Morgan fingerprint density at radius 2 is 2.07 bits per heavy atom. The number of nitriles is 1. The number of halogens is 3. The molecule has 0 bridgehead atoms. The molecule has 142 valence electrons. The second kappa shape index (κ2) is 8.60. The van der Waals surface area contributed by atoms with Crippen LogP contribution in [0.15, 0.2) is 30.3 Å². The number of nitrogens with one attached hydrogen (secondary N) is 1. The van der Waals surface area contributed by atoms with Crippen molar-refractivity contribution in [2.24, 2.45) is 5.73 Å². The summed E-state index contributed by atoms with van der Waals surface area (Å²) >= 11 is 0. The van der Waals surface area contributed by atoms with E-state index < -0.39 is 23.7 Å². The molecule has 0 radical (unpaired) electrons. The van der Waals surface area contributed by atoms with Crippen molar-refractivity contribution >= 4 is 5.91 Å². The Labute approximate surface area is 154 Å². The number of aryl methyl sites for hydroxylation is 1. The maximum atomic E-state index is 12.9. The van der Waals surface area contributed by atoms with Gasteiger partial charge in [0.15, 0.2) is 0 Å². The summed E-state index contributed by atoms with van der Waals surface area (Å²) in [6, 6.07) is 7.68. The van der Waals surface area contributed by atoms with Crippen LogP contribution in [-0.4, -0.2) is 28.5 Å². The second-order valence-electron chi connectivity index (χ2n) is 5.94. The second-order valence-corrected chi connectivity index (χ2v) is 5.94. The molecule has 27 heavy (non-hydrogen) atoms. The zero-order valence-corrected chi connectivity index (χ0v) is 14.5. The quantitative estimate of drug-likeness (QED) is 0.721. The first-order chi connectivity index (χ1) is 12.7. The summed E-state index contributed by atoms with van der Waals surface area (Å²) in [6.07, 6.45) is -3.41. The molecule has 0 saturated heterocycles. The molecule has 1 aromatic heterocycles. The molecule has 1 amide bonds. The molecule has 2 rings (SSSR count). The summed E-state index contributed by atoms with van der Waals surface area (Å²) in [5.41, 5.74) is 5.40. The summed E-state index contributed by atoms with van der Waals surface area (Å²) in [7, 11) is 0. The fourth-order valence-corrected chi connectivity index (χ4v) is 2.37. The topological polar surface area (TPSA) is 105 Å². The lowest BCUT2D eigenvalue weighted by molar-refractivity contribution is -0.137. The molecule has 0 fully saturated rings. The van der Waals surface area contributed by atoms with Crippen molar-refractivity contribution in [1.82, 2.24) is 15.3 Å². The Bertz CT molecular complexity index is 861. The summed E-state index contributed by atoms with van der Waals surface area (Å²) in [5, 5.41) is 12.0. The minimum absolute atomic E-state index is 0.113. The number of alkyl halides is 3. The van der Waals surface area contributed by atoms with Gasteiger partial charge in [0.25, 0.3) is 0 Å². The van der Waals surface area contributed by atoms with Crippen LogP contribution in [0, 0.1) is 11.3 Å². The van der Waals surface area contributed by atoms with Gasteiger partial charge in [0.05, 0.1) is 17.3 Å². The molecular weight excluding hydrogens is 359 g/mol. The minimum Gasteiger partial charge on any atom is -0.368 e. The third-order valence-corrected chi connectivity index (χ3v) is 3.85. The van der Waals surface area contributed by atoms with E-state index in [-0.39, 0.29) is 17.1 Å². The molecular formula is C18H18F3N5O. The molecule has 9 heteroatoms. The molecule has 0 saturated carbocycles. The predicted molar refractivity (Wildman–Crippen MR) is 92.2 cm³/mol. The highest BCUT2D eigenvalue weighted by atomic mass is 19.4. The average molecular weight is 377 g/mol. The number of hydrogen-bond acceptors (Lipinski definition) is 5. The highest BCUT2D eigenvalue weighted by Gasteiger charge is 2.30. The van der Waals surface area contributed by atoms with E-state index in [4.69, 9.17) is 11.0 Å². The van der Waals surface area contributed by atoms with Crippen LogP contribution in [-0.2, 0) is 17.4 Å².